The summed E-state index contributed by atoms with van der Waals surface area (Å²) in [5.74, 6) is -0.821. The van der Waals surface area contributed by atoms with Crippen molar-refractivity contribution in [2.45, 2.75) is 56.3 Å². The van der Waals surface area contributed by atoms with E-state index in [0.717, 1.165) is 31.4 Å². The molecule has 9 nitrogen and oxygen atoms in total. The molecule has 0 amide bonds. The molecule has 0 radical (unpaired) electrons. The number of nitrogen functional groups attached to an aromatic ring is 1. The quantitative estimate of drug-likeness (QED) is 0.214. The lowest BCUT2D eigenvalue weighted by Gasteiger charge is -2.34. The largest absolute Gasteiger partial charge is 0.473 e. The summed E-state index contributed by atoms with van der Waals surface area (Å²) >= 11 is 6.05. The summed E-state index contributed by atoms with van der Waals surface area (Å²) in [6.45, 7) is 1.88. The third-order valence-electron chi connectivity index (χ3n) is 9.17. The molecule has 0 spiro atoms. The molecule has 3 N–H and O–H groups in total. The lowest BCUT2D eigenvalue weighted by molar-refractivity contribution is -0.137. The van der Waals surface area contributed by atoms with Crippen LogP contribution in [0.1, 0.15) is 44.1 Å². The normalized spacial score (nSPS) is 23.0. The topological polar surface area (TPSA) is 102 Å². The summed E-state index contributed by atoms with van der Waals surface area (Å²) in [6.07, 6.45) is -1.06. The van der Waals surface area contributed by atoms with E-state index in [4.69, 9.17) is 31.8 Å². The minimum Gasteiger partial charge on any atom is -0.473 e. The zero-order chi connectivity index (χ0) is 32.8. The minimum absolute atomic E-state index is 0.0240. The van der Waals surface area contributed by atoms with Crippen LogP contribution in [0.25, 0.3) is 22.2 Å². The number of hydrogen-bond donors (Lipinski definition) is 2. The van der Waals surface area contributed by atoms with Crippen LogP contribution in [-0.2, 0) is 6.18 Å². The van der Waals surface area contributed by atoms with Crippen LogP contribution in [0.2, 0.25) is 5.02 Å². The lowest BCUT2D eigenvalue weighted by Crippen LogP contribution is -2.46. The van der Waals surface area contributed by atoms with Gasteiger partial charge in [0, 0.05) is 36.8 Å². The van der Waals surface area contributed by atoms with Gasteiger partial charge in [0.15, 0.2) is 5.82 Å². The van der Waals surface area contributed by atoms with Crippen LogP contribution in [0.5, 0.6) is 11.9 Å². The van der Waals surface area contributed by atoms with Gasteiger partial charge in [-0.2, -0.15) is 23.1 Å². The highest BCUT2D eigenvalue weighted by Crippen LogP contribution is 2.47. The first-order valence-corrected chi connectivity index (χ1v) is 15.8. The van der Waals surface area contributed by atoms with Crippen molar-refractivity contribution in [3.63, 3.8) is 0 Å². The van der Waals surface area contributed by atoms with Gasteiger partial charge in [-0.3, -0.25) is 4.39 Å². The Labute approximate surface area is 268 Å². The van der Waals surface area contributed by atoms with E-state index in [1.165, 1.54) is 0 Å². The number of rotatable bonds is 9. The summed E-state index contributed by atoms with van der Waals surface area (Å²) < 4.78 is 85.8. The van der Waals surface area contributed by atoms with E-state index in [-0.39, 0.29) is 53.5 Å². The minimum atomic E-state index is -4.95. The number of ether oxygens (including phenoxy) is 2. The Hall–Kier alpha value is -3.23. The van der Waals surface area contributed by atoms with Crippen molar-refractivity contribution in [3.05, 3.63) is 28.5 Å². The highest BCUT2D eigenvalue weighted by atomic mass is 35.5. The third kappa shape index (κ3) is 6.35. The Morgan fingerprint density at radius 2 is 2.00 bits per heavy atom. The molecule has 6 rings (SSSR count). The van der Waals surface area contributed by atoms with Crippen LogP contribution in [0.3, 0.4) is 0 Å². The molecule has 1 aromatic carbocycles. The Morgan fingerprint density at radius 3 is 2.70 bits per heavy atom. The van der Waals surface area contributed by atoms with Crippen molar-refractivity contribution in [3.8, 4) is 23.1 Å². The maximum absolute atomic E-state index is 16.8. The SMILES string of the molecule is CN(C)CCN1CC2CCCC2Oc2nc(-c3cc(N)cc(Cl)c3C(F)(F)F)c(F)c3nc(OC[C@@]4(CCF)CCCN4)nc1c23. The standard InChI is InChI=1S/C31H37ClF5N7O2/c1-43(2)11-12-44-15-17-5-3-6-21(17)46-28-22-26(41-29(42-27(22)44)45-16-30(8-9-33)7-4-10-39-30)24(34)25(40-28)19-13-18(38)14-20(32)23(19)31(35,36)37/h13-14,17,21,39H,3-12,15-16,38H2,1-2H3/t17?,21?,30-/m0/s1. The van der Waals surface area contributed by atoms with Crippen molar-refractivity contribution in [2.75, 3.05) is 64.2 Å². The van der Waals surface area contributed by atoms with Crippen molar-refractivity contribution in [1.82, 2.24) is 25.2 Å². The van der Waals surface area contributed by atoms with Gasteiger partial charge in [-0.15, -0.1) is 0 Å². The van der Waals surface area contributed by atoms with Gasteiger partial charge in [0.2, 0.25) is 5.88 Å². The molecule has 3 aliphatic rings. The number of anilines is 2. The molecule has 0 bridgehead atoms. The van der Waals surface area contributed by atoms with Crippen molar-refractivity contribution in [2.24, 2.45) is 5.92 Å². The number of benzene rings is 1. The maximum Gasteiger partial charge on any atom is 0.418 e. The number of fused-ring (bicyclic) bond motifs is 1. The summed E-state index contributed by atoms with van der Waals surface area (Å²) in [4.78, 5) is 17.6. The fourth-order valence-corrected chi connectivity index (χ4v) is 7.16. The van der Waals surface area contributed by atoms with Gasteiger partial charge >= 0.3 is 12.2 Å². The highest BCUT2D eigenvalue weighted by molar-refractivity contribution is 6.32. The van der Waals surface area contributed by atoms with Gasteiger partial charge < -0.3 is 30.3 Å². The van der Waals surface area contributed by atoms with Crippen molar-refractivity contribution >= 4 is 34.0 Å². The molecule has 2 fully saturated rings. The second kappa shape index (κ2) is 12.8. The molecule has 46 heavy (non-hydrogen) atoms. The summed E-state index contributed by atoms with van der Waals surface area (Å²) in [7, 11) is 3.87. The number of nitrogens with zero attached hydrogens (tertiary/aromatic N) is 5. The molecule has 250 valence electrons. The summed E-state index contributed by atoms with van der Waals surface area (Å²) in [5.41, 5.74) is 2.30. The molecule has 3 atom stereocenters. The highest BCUT2D eigenvalue weighted by Gasteiger charge is 2.41. The zero-order valence-corrected chi connectivity index (χ0v) is 26.4. The number of alkyl halides is 4. The third-order valence-corrected chi connectivity index (χ3v) is 9.47. The van der Waals surface area contributed by atoms with Crippen LogP contribution in [0, 0.1) is 11.7 Å². The summed E-state index contributed by atoms with van der Waals surface area (Å²) in [5, 5.41) is 2.76. The molecule has 15 heteroatoms. The van der Waals surface area contributed by atoms with Gasteiger partial charge in [0.25, 0.3) is 0 Å². The Morgan fingerprint density at radius 1 is 1.20 bits per heavy atom. The monoisotopic (exact) mass is 669 g/mol. The average Bonchev–Trinajstić information content (AvgIpc) is 3.62. The van der Waals surface area contributed by atoms with E-state index >= 15 is 4.39 Å². The maximum atomic E-state index is 16.8. The van der Waals surface area contributed by atoms with Gasteiger partial charge in [-0.1, -0.05) is 11.6 Å². The first kappa shape index (κ1) is 32.7. The van der Waals surface area contributed by atoms with Gasteiger partial charge in [0.05, 0.1) is 22.8 Å². The van der Waals surface area contributed by atoms with Gasteiger partial charge in [-0.05, 0) is 71.3 Å². The van der Waals surface area contributed by atoms with E-state index < -0.39 is 46.1 Å². The van der Waals surface area contributed by atoms with Gasteiger partial charge in [0.1, 0.15) is 35.1 Å². The number of pyridine rings is 1. The van der Waals surface area contributed by atoms with E-state index in [9.17, 15) is 17.6 Å². The lowest BCUT2D eigenvalue weighted by atomic mass is 9.95. The molecule has 4 heterocycles. The van der Waals surface area contributed by atoms with Crippen LogP contribution in [0.15, 0.2) is 12.1 Å². The van der Waals surface area contributed by atoms with Crippen LogP contribution in [-0.4, -0.2) is 85.1 Å². The van der Waals surface area contributed by atoms with E-state index in [1.807, 2.05) is 23.9 Å². The van der Waals surface area contributed by atoms with Gasteiger partial charge in [-0.25, -0.2) is 9.37 Å². The number of nitrogens with one attached hydrogen (secondary N) is 1. The Bertz CT molecular complexity index is 1600. The Kier molecular flexibility index (Phi) is 9.07. The molecule has 2 aliphatic heterocycles. The fraction of sp³-hybridized carbons (Fsp3) is 0.581. The number of hydrogen-bond acceptors (Lipinski definition) is 9. The molecule has 1 saturated heterocycles. The van der Waals surface area contributed by atoms with Crippen LogP contribution >= 0.6 is 11.6 Å². The Balaban J connectivity index is 1.58. The number of halogens is 6. The smallest absolute Gasteiger partial charge is 0.418 e. The van der Waals surface area contributed by atoms with E-state index in [2.05, 4.69) is 15.3 Å². The fourth-order valence-electron chi connectivity index (χ4n) is 6.82. The molecule has 2 aromatic heterocycles. The summed E-state index contributed by atoms with van der Waals surface area (Å²) in [6, 6.07) is 1.77. The van der Waals surface area contributed by atoms with E-state index in [1.54, 1.807) is 0 Å². The predicted molar refractivity (Wildman–Crippen MR) is 166 cm³/mol. The first-order valence-electron chi connectivity index (χ1n) is 15.5. The number of aromatic nitrogens is 3. The zero-order valence-electron chi connectivity index (χ0n) is 25.7. The molecular formula is C31H37ClF5N7O2. The predicted octanol–water partition coefficient (Wildman–Crippen LogP) is 5.88. The molecule has 1 aliphatic carbocycles. The van der Waals surface area contributed by atoms with Crippen molar-refractivity contribution < 1.29 is 31.4 Å². The number of nitrogens with two attached hydrogens (primary N) is 1. The molecule has 2 unspecified atom stereocenters. The second-order valence-electron chi connectivity index (χ2n) is 12.7. The van der Waals surface area contributed by atoms with Crippen LogP contribution < -0.4 is 25.4 Å². The van der Waals surface area contributed by atoms with E-state index in [0.29, 0.717) is 44.8 Å². The second-order valence-corrected chi connectivity index (χ2v) is 13.1. The van der Waals surface area contributed by atoms with Crippen LogP contribution in [0.4, 0.5) is 33.5 Å². The molecular weight excluding hydrogens is 633 g/mol. The average molecular weight is 670 g/mol. The first-order chi connectivity index (χ1) is 21.9. The molecule has 1 saturated carbocycles. The number of likely N-dealkylation sites (N-methyl/N-ethyl adjacent to an activating group) is 1. The van der Waals surface area contributed by atoms with Crippen molar-refractivity contribution in [1.29, 1.82) is 0 Å². The molecule has 3 aromatic rings.